The van der Waals surface area contributed by atoms with E-state index in [1.807, 2.05) is 54.6 Å². The van der Waals surface area contributed by atoms with E-state index in [1.165, 1.54) is 11.1 Å². The summed E-state index contributed by atoms with van der Waals surface area (Å²) in [4.78, 5) is 13.0. The number of nitrogens with one attached hydrogen (secondary N) is 1. The SMILES string of the molecule is COc1ccc(CCNC(=O)[C@H]2CC2(c2ccccc2)c2ccccc2)cc1OC. The van der Waals surface area contributed by atoms with Crippen molar-refractivity contribution in [2.75, 3.05) is 20.8 Å². The van der Waals surface area contributed by atoms with Crippen molar-refractivity contribution in [3.8, 4) is 11.5 Å². The Balaban J connectivity index is 1.44. The largest absolute Gasteiger partial charge is 0.493 e. The summed E-state index contributed by atoms with van der Waals surface area (Å²) in [6.07, 6.45) is 1.58. The van der Waals surface area contributed by atoms with Gasteiger partial charge in [0.2, 0.25) is 5.91 Å². The molecule has 3 aromatic rings. The highest BCUT2D eigenvalue weighted by atomic mass is 16.5. The van der Waals surface area contributed by atoms with E-state index in [2.05, 4.69) is 29.6 Å². The van der Waals surface area contributed by atoms with Crippen molar-refractivity contribution in [3.05, 3.63) is 95.6 Å². The normalized spacial score (nSPS) is 16.5. The number of carbonyl (C=O) groups is 1. The highest BCUT2D eigenvalue weighted by Gasteiger charge is 2.59. The number of rotatable bonds is 8. The van der Waals surface area contributed by atoms with Crippen molar-refractivity contribution >= 4 is 5.91 Å². The molecule has 1 N–H and O–H groups in total. The lowest BCUT2D eigenvalue weighted by Gasteiger charge is -2.19. The summed E-state index contributed by atoms with van der Waals surface area (Å²) >= 11 is 0. The lowest BCUT2D eigenvalue weighted by molar-refractivity contribution is -0.122. The molecule has 1 aliphatic rings. The third kappa shape index (κ3) is 3.78. The van der Waals surface area contributed by atoms with Crippen molar-refractivity contribution < 1.29 is 14.3 Å². The molecule has 0 saturated heterocycles. The van der Waals surface area contributed by atoms with Crippen molar-refractivity contribution in [2.24, 2.45) is 5.92 Å². The van der Waals surface area contributed by atoms with Gasteiger partial charge < -0.3 is 14.8 Å². The summed E-state index contributed by atoms with van der Waals surface area (Å²) in [7, 11) is 3.25. The third-order valence-corrected chi connectivity index (χ3v) is 6.02. The predicted octanol–water partition coefficient (Wildman–Crippen LogP) is 4.37. The average molecular weight is 402 g/mol. The number of methoxy groups -OCH3 is 2. The first kappa shape index (κ1) is 20.0. The molecule has 1 saturated carbocycles. The standard InChI is InChI=1S/C26H27NO3/c1-29-23-14-13-19(17-24(23)30-2)15-16-27-25(28)22-18-26(22,20-9-5-3-6-10-20)21-11-7-4-8-12-21/h3-14,17,22H,15-16,18H2,1-2H3,(H,27,28)/t22-/m1/s1. The molecule has 1 atom stereocenters. The minimum absolute atomic E-state index is 0.0484. The zero-order valence-electron chi connectivity index (χ0n) is 17.4. The van der Waals surface area contributed by atoms with E-state index in [1.54, 1.807) is 14.2 Å². The molecular formula is C26H27NO3. The first-order chi connectivity index (χ1) is 14.7. The van der Waals surface area contributed by atoms with Gasteiger partial charge in [0.15, 0.2) is 11.5 Å². The molecule has 1 fully saturated rings. The maximum absolute atomic E-state index is 13.0. The Hall–Kier alpha value is -3.27. The molecule has 0 aromatic heterocycles. The van der Waals surface area contributed by atoms with Gasteiger partial charge in [-0.3, -0.25) is 4.79 Å². The van der Waals surface area contributed by atoms with E-state index in [9.17, 15) is 4.79 Å². The van der Waals surface area contributed by atoms with E-state index in [-0.39, 0.29) is 17.2 Å². The van der Waals surface area contributed by atoms with Crippen LogP contribution in [0.25, 0.3) is 0 Å². The molecule has 0 bridgehead atoms. The molecule has 0 heterocycles. The highest BCUT2D eigenvalue weighted by Crippen LogP contribution is 2.58. The van der Waals surface area contributed by atoms with Crippen LogP contribution in [0.2, 0.25) is 0 Å². The second-order valence-electron chi connectivity index (χ2n) is 7.69. The van der Waals surface area contributed by atoms with E-state index < -0.39 is 0 Å². The monoisotopic (exact) mass is 401 g/mol. The van der Waals surface area contributed by atoms with Crippen molar-refractivity contribution in [1.29, 1.82) is 0 Å². The molecule has 30 heavy (non-hydrogen) atoms. The van der Waals surface area contributed by atoms with Crippen molar-refractivity contribution in [3.63, 3.8) is 0 Å². The third-order valence-electron chi connectivity index (χ3n) is 6.02. The Morgan fingerprint density at radius 3 is 2.07 bits per heavy atom. The molecule has 4 rings (SSSR count). The number of benzene rings is 3. The smallest absolute Gasteiger partial charge is 0.224 e. The van der Waals surface area contributed by atoms with Crippen LogP contribution in [-0.4, -0.2) is 26.7 Å². The molecular weight excluding hydrogens is 374 g/mol. The summed E-state index contributed by atoms with van der Waals surface area (Å²) in [6, 6.07) is 26.6. The Morgan fingerprint density at radius 1 is 0.900 bits per heavy atom. The second-order valence-corrected chi connectivity index (χ2v) is 7.69. The summed E-state index contributed by atoms with van der Waals surface area (Å²) in [5, 5.41) is 3.14. The molecule has 154 valence electrons. The number of amides is 1. The van der Waals surface area contributed by atoms with Crippen LogP contribution >= 0.6 is 0 Å². The van der Waals surface area contributed by atoms with Gasteiger partial charge in [-0.2, -0.15) is 0 Å². The molecule has 0 unspecified atom stereocenters. The molecule has 1 amide bonds. The first-order valence-electron chi connectivity index (χ1n) is 10.3. The fourth-order valence-electron chi connectivity index (χ4n) is 4.34. The topological polar surface area (TPSA) is 47.6 Å². The fraction of sp³-hybridized carbons (Fsp3) is 0.269. The van der Waals surface area contributed by atoms with E-state index in [0.717, 1.165) is 18.4 Å². The van der Waals surface area contributed by atoms with Crippen LogP contribution in [0, 0.1) is 5.92 Å². The zero-order valence-corrected chi connectivity index (χ0v) is 17.4. The Kier molecular flexibility index (Phi) is 5.75. The first-order valence-corrected chi connectivity index (χ1v) is 10.3. The van der Waals surface area contributed by atoms with E-state index >= 15 is 0 Å². The highest BCUT2D eigenvalue weighted by molar-refractivity contribution is 5.86. The summed E-state index contributed by atoms with van der Waals surface area (Å²) in [5.74, 6) is 1.48. The summed E-state index contributed by atoms with van der Waals surface area (Å²) < 4.78 is 10.7. The Bertz CT molecular complexity index is 962. The van der Waals surface area contributed by atoms with Crippen LogP contribution in [0.15, 0.2) is 78.9 Å². The molecule has 4 heteroatoms. The minimum atomic E-state index is -0.226. The van der Waals surface area contributed by atoms with Crippen LogP contribution < -0.4 is 14.8 Å². The number of hydrogen-bond acceptors (Lipinski definition) is 3. The van der Waals surface area contributed by atoms with Crippen LogP contribution in [0.3, 0.4) is 0 Å². The van der Waals surface area contributed by atoms with Crippen LogP contribution in [0.5, 0.6) is 11.5 Å². The fourth-order valence-corrected chi connectivity index (χ4v) is 4.34. The minimum Gasteiger partial charge on any atom is -0.493 e. The average Bonchev–Trinajstić information content (AvgIpc) is 3.57. The molecule has 3 aromatic carbocycles. The van der Waals surface area contributed by atoms with Gasteiger partial charge >= 0.3 is 0 Å². The molecule has 1 aliphatic carbocycles. The summed E-state index contributed by atoms with van der Waals surface area (Å²) in [6.45, 7) is 0.588. The van der Waals surface area contributed by atoms with Gasteiger partial charge in [0.1, 0.15) is 0 Å². The quantitative estimate of drug-likeness (QED) is 0.610. The lowest BCUT2D eigenvalue weighted by atomic mass is 9.85. The number of hydrogen-bond donors (Lipinski definition) is 1. The van der Waals surface area contributed by atoms with Crippen LogP contribution in [0.4, 0.5) is 0 Å². The van der Waals surface area contributed by atoms with Gasteiger partial charge in [0, 0.05) is 12.0 Å². The van der Waals surface area contributed by atoms with Gasteiger partial charge in [0.05, 0.1) is 20.1 Å². The molecule has 0 aliphatic heterocycles. The van der Waals surface area contributed by atoms with Gasteiger partial charge in [-0.25, -0.2) is 0 Å². The molecule has 4 nitrogen and oxygen atoms in total. The molecule has 0 radical (unpaired) electrons. The van der Waals surface area contributed by atoms with Gasteiger partial charge in [-0.05, 0) is 41.7 Å². The maximum Gasteiger partial charge on any atom is 0.224 e. The van der Waals surface area contributed by atoms with Crippen LogP contribution in [-0.2, 0) is 16.6 Å². The van der Waals surface area contributed by atoms with Crippen molar-refractivity contribution in [2.45, 2.75) is 18.3 Å². The van der Waals surface area contributed by atoms with Crippen LogP contribution in [0.1, 0.15) is 23.1 Å². The van der Waals surface area contributed by atoms with Crippen molar-refractivity contribution in [1.82, 2.24) is 5.32 Å². The molecule has 0 spiro atoms. The number of carbonyl (C=O) groups excluding carboxylic acids is 1. The summed E-state index contributed by atoms with van der Waals surface area (Å²) in [5.41, 5.74) is 3.28. The lowest BCUT2D eigenvalue weighted by Crippen LogP contribution is -2.30. The van der Waals surface area contributed by atoms with Gasteiger partial charge in [-0.1, -0.05) is 66.7 Å². The predicted molar refractivity (Wildman–Crippen MR) is 118 cm³/mol. The van der Waals surface area contributed by atoms with Gasteiger partial charge in [-0.15, -0.1) is 0 Å². The van der Waals surface area contributed by atoms with E-state index in [4.69, 9.17) is 9.47 Å². The Labute approximate surface area is 177 Å². The zero-order chi connectivity index (χ0) is 21.0. The maximum atomic E-state index is 13.0. The number of ether oxygens (including phenoxy) is 2. The van der Waals surface area contributed by atoms with Gasteiger partial charge in [0.25, 0.3) is 0 Å². The second kappa shape index (κ2) is 8.62. The Morgan fingerprint density at radius 2 is 1.50 bits per heavy atom. The van der Waals surface area contributed by atoms with E-state index in [0.29, 0.717) is 18.0 Å².